The van der Waals surface area contributed by atoms with Gasteiger partial charge in [0.05, 0.1) is 11.1 Å². The van der Waals surface area contributed by atoms with E-state index in [9.17, 15) is 5.11 Å². The van der Waals surface area contributed by atoms with E-state index in [1.807, 2.05) is 30.3 Å². The summed E-state index contributed by atoms with van der Waals surface area (Å²) in [5.41, 5.74) is 0. The highest BCUT2D eigenvalue weighted by molar-refractivity contribution is 9.10. The second-order valence-electron chi connectivity index (χ2n) is 4.70. The molecule has 0 heterocycles. The van der Waals surface area contributed by atoms with Gasteiger partial charge in [-0.15, -0.1) is 0 Å². The molecule has 2 aromatic rings. The van der Waals surface area contributed by atoms with Crippen LogP contribution in [0, 0.1) is 0 Å². The average molecular weight is 402 g/mol. The molecule has 0 aromatic heterocycles. The minimum absolute atomic E-state index is 0.269. The van der Waals surface area contributed by atoms with Gasteiger partial charge in [-0.05, 0) is 34.8 Å². The first kappa shape index (κ1) is 15.6. The van der Waals surface area contributed by atoms with Crippen molar-refractivity contribution in [3.63, 3.8) is 0 Å². The molecular formula is C16H18Br2O2. The molecule has 0 amide bonds. The maximum absolute atomic E-state index is 10.0. The molecule has 20 heavy (non-hydrogen) atoms. The summed E-state index contributed by atoms with van der Waals surface area (Å²) in [7, 11) is 0. The van der Waals surface area contributed by atoms with Gasteiger partial charge in [0.2, 0.25) is 0 Å². The largest absolute Gasteiger partial charge is 0.506 e. The number of fused-ring (bicyclic) bond motifs is 1. The minimum Gasteiger partial charge on any atom is -0.506 e. The number of rotatable bonds is 7. The summed E-state index contributed by atoms with van der Waals surface area (Å²) in [6, 6.07) is 9.59. The summed E-state index contributed by atoms with van der Waals surface area (Å²) in [4.78, 5) is 0. The van der Waals surface area contributed by atoms with E-state index in [-0.39, 0.29) is 5.75 Å². The fourth-order valence-electron chi connectivity index (χ4n) is 2.15. The van der Waals surface area contributed by atoms with Crippen LogP contribution in [0.15, 0.2) is 34.8 Å². The Bertz CT molecular complexity index is 570. The molecule has 0 radical (unpaired) electrons. The Morgan fingerprint density at radius 2 is 1.70 bits per heavy atom. The van der Waals surface area contributed by atoms with E-state index in [0.29, 0.717) is 11.1 Å². The molecule has 0 bridgehead atoms. The summed E-state index contributed by atoms with van der Waals surface area (Å²) in [6.45, 7) is 0.712. The van der Waals surface area contributed by atoms with Crippen LogP contribution in [0.3, 0.4) is 0 Å². The fraction of sp³-hybridized carbons (Fsp3) is 0.375. The second-order valence-corrected chi connectivity index (χ2v) is 6.35. The Morgan fingerprint density at radius 3 is 2.45 bits per heavy atom. The number of phenolic OH excluding ortho intramolecular Hbond substituents is 1. The summed E-state index contributed by atoms with van der Waals surface area (Å²) in [5, 5.41) is 12.9. The quantitative estimate of drug-likeness (QED) is 0.480. The van der Waals surface area contributed by atoms with Crippen LogP contribution in [-0.2, 0) is 0 Å². The first-order chi connectivity index (χ1) is 9.74. The van der Waals surface area contributed by atoms with Crippen molar-refractivity contribution in [3.8, 4) is 11.5 Å². The Kier molecular flexibility index (Phi) is 6.17. The van der Waals surface area contributed by atoms with Crippen molar-refractivity contribution >= 4 is 42.6 Å². The van der Waals surface area contributed by atoms with Crippen LogP contribution < -0.4 is 4.74 Å². The normalized spacial score (nSPS) is 10.9. The number of unbranched alkanes of at least 4 members (excludes halogenated alkanes) is 3. The van der Waals surface area contributed by atoms with Crippen molar-refractivity contribution in [2.45, 2.75) is 25.7 Å². The zero-order valence-corrected chi connectivity index (χ0v) is 14.4. The standard InChI is InChI=1S/C16H18Br2O2/c17-9-5-1-2-6-10-20-15-11-14(18)16(19)13-8-4-3-7-12(13)15/h3-4,7-8,11,19H,1-2,5-6,9-10H2. The van der Waals surface area contributed by atoms with E-state index < -0.39 is 0 Å². The number of hydrogen-bond acceptors (Lipinski definition) is 2. The van der Waals surface area contributed by atoms with E-state index in [2.05, 4.69) is 31.9 Å². The molecule has 0 unspecified atom stereocenters. The molecule has 0 aliphatic carbocycles. The molecule has 2 aromatic carbocycles. The number of benzene rings is 2. The minimum atomic E-state index is 0.269. The van der Waals surface area contributed by atoms with Crippen molar-refractivity contribution in [1.82, 2.24) is 0 Å². The van der Waals surface area contributed by atoms with E-state index in [4.69, 9.17) is 4.74 Å². The third-order valence-corrected chi connectivity index (χ3v) is 4.38. The van der Waals surface area contributed by atoms with E-state index in [0.717, 1.165) is 28.3 Å². The van der Waals surface area contributed by atoms with E-state index in [1.165, 1.54) is 19.3 Å². The summed E-state index contributed by atoms with van der Waals surface area (Å²) >= 11 is 6.81. The van der Waals surface area contributed by atoms with E-state index >= 15 is 0 Å². The van der Waals surface area contributed by atoms with Crippen LogP contribution in [0.25, 0.3) is 10.8 Å². The lowest BCUT2D eigenvalue weighted by Gasteiger charge is -2.11. The first-order valence-corrected chi connectivity index (χ1v) is 8.74. The highest BCUT2D eigenvalue weighted by Gasteiger charge is 2.10. The lowest BCUT2D eigenvalue weighted by Crippen LogP contribution is -1.98. The van der Waals surface area contributed by atoms with Crippen LogP contribution in [-0.4, -0.2) is 17.0 Å². The van der Waals surface area contributed by atoms with Crippen LogP contribution >= 0.6 is 31.9 Å². The molecule has 0 atom stereocenters. The predicted octanol–water partition coefficient (Wildman–Crippen LogP) is 5.64. The van der Waals surface area contributed by atoms with Gasteiger partial charge in [-0.3, -0.25) is 0 Å². The second kappa shape index (κ2) is 7.89. The summed E-state index contributed by atoms with van der Waals surface area (Å²) < 4.78 is 6.55. The van der Waals surface area contributed by atoms with Gasteiger partial charge in [0.1, 0.15) is 11.5 Å². The molecule has 0 fully saturated rings. The van der Waals surface area contributed by atoms with Crippen molar-refractivity contribution < 1.29 is 9.84 Å². The highest BCUT2D eigenvalue weighted by Crippen LogP contribution is 2.38. The Labute approximate surface area is 136 Å². The molecule has 2 nitrogen and oxygen atoms in total. The number of ether oxygens (including phenoxy) is 1. The van der Waals surface area contributed by atoms with Crippen molar-refractivity contribution in [2.75, 3.05) is 11.9 Å². The van der Waals surface area contributed by atoms with Gasteiger partial charge in [-0.2, -0.15) is 0 Å². The molecular weight excluding hydrogens is 384 g/mol. The Balaban J connectivity index is 2.05. The Hall–Kier alpha value is -0.740. The lowest BCUT2D eigenvalue weighted by atomic mass is 10.1. The molecule has 4 heteroatoms. The molecule has 0 saturated carbocycles. The maximum Gasteiger partial charge on any atom is 0.137 e. The van der Waals surface area contributed by atoms with Gasteiger partial charge in [-0.1, -0.05) is 53.0 Å². The molecule has 2 rings (SSSR count). The zero-order valence-electron chi connectivity index (χ0n) is 11.2. The number of hydrogen-bond donors (Lipinski definition) is 1. The van der Waals surface area contributed by atoms with E-state index in [1.54, 1.807) is 0 Å². The molecule has 1 N–H and O–H groups in total. The van der Waals surface area contributed by atoms with Crippen molar-refractivity contribution in [2.24, 2.45) is 0 Å². The Morgan fingerprint density at radius 1 is 1.00 bits per heavy atom. The number of halogens is 2. The van der Waals surface area contributed by atoms with Gasteiger partial charge in [0, 0.05) is 16.1 Å². The molecule has 0 saturated heterocycles. The monoisotopic (exact) mass is 400 g/mol. The number of phenols is 1. The predicted molar refractivity (Wildman–Crippen MR) is 91.1 cm³/mol. The lowest BCUT2D eigenvalue weighted by molar-refractivity contribution is 0.308. The third-order valence-electron chi connectivity index (χ3n) is 3.22. The molecule has 0 aliphatic heterocycles. The zero-order chi connectivity index (χ0) is 14.4. The van der Waals surface area contributed by atoms with Gasteiger partial charge < -0.3 is 9.84 Å². The van der Waals surface area contributed by atoms with Gasteiger partial charge in [0.15, 0.2) is 0 Å². The molecule has 108 valence electrons. The average Bonchev–Trinajstić information content (AvgIpc) is 2.47. The van der Waals surface area contributed by atoms with Crippen LogP contribution in [0.4, 0.5) is 0 Å². The van der Waals surface area contributed by atoms with Gasteiger partial charge in [0.25, 0.3) is 0 Å². The van der Waals surface area contributed by atoms with Crippen LogP contribution in [0.5, 0.6) is 11.5 Å². The van der Waals surface area contributed by atoms with Crippen LogP contribution in [0.2, 0.25) is 0 Å². The third kappa shape index (κ3) is 3.89. The van der Waals surface area contributed by atoms with Crippen LogP contribution in [0.1, 0.15) is 25.7 Å². The van der Waals surface area contributed by atoms with Crippen molar-refractivity contribution in [1.29, 1.82) is 0 Å². The summed E-state index contributed by atoms with van der Waals surface area (Å²) in [6.07, 6.45) is 4.69. The number of aromatic hydroxyl groups is 1. The molecule has 0 spiro atoms. The fourth-order valence-corrected chi connectivity index (χ4v) is 2.96. The van der Waals surface area contributed by atoms with Gasteiger partial charge in [-0.25, -0.2) is 0 Å². The maximum atomic E-state index is 10.0. The van der Waals surface area contributed by atoms with Gasteiger partial charge >= 0.3 is 0 Å². The molecule has 0 aliphatic rings. The smallest absolute Gasteiger partial charge is 0.137 e. The van der Waals surface area contributed by atoms with Crippen molar-refractivity contribution in [3.05, 3.63) is 34.8 Å². The summed E-state index contributed by atoms with van der Waals surface area (Å²) in [5.74, 6) is 1.09. The SMILES string of the molecule is Oc1c(Br)cc(OCCCCCCBr)c2ccccc12. The topological polar surface area (TPSA) is 29.5 Å². The number of alkyl halides is 1. The highest BCUT2D eigenvalue weighted by atomic mass is 79.9. The first-order valence-electron chi connectivity index (χ1n) is 6.83.